The minimum Gasteiger partial charge on any atom is -0.478 e. The Morgan fingerprint density at radius 1 is 1.48 bits per heavy atom. The van der Waals surface area contributed by atoms with E-state index < -0.39 is 5.97 Å². The smallest absolute Gasteiger partial charge is 0.335 e. The van der Waals surface area contributed by atoms with Gasteiger partial charge >= 0.3 is 5.97 Å². The molecule has 1 saturated heterocycles. The molecule has 0 spiro atoms. The van der Waals surface area contributed by atoms with Gasteiger partial charge in [0.15, 0.2) is 0 Å². The normalized spacial score (nSPS) is 18.4. The van der Waals surface area contributed by atoms with Gasteiger partial charge in [-0.25, -0.2) is 9.78 Å². The number of carboxylic acids is 1. The van der Waals surface area contributed by atoms with Crippen molar-refractivity contribution in [3.05, 3.63) is 23.8 Å². The Morgan fingerprint density at radius 2 is 2.30 bits per heavy atom. The molecule has 0 aliphatic carbocycles. The largest absolute Gasteiger partial charge is 0.478 e. The second-order valence-electron chi connectivity index (χ2n) is 5.77. The number of nitrogens with one attached hydrogen (secondary N) is 1. The van der Waals surface area contributed by atoms with E-state index in [0.29, 0.717) is 22.8 Å². The van der Waals surface area contributed by atoms with Crippen LogP contribution < -0.4 is 11.1 Å². The minimum absolute atomic E-state index is 0.182. The van der Waals surface area contributed by atoms with Crippen LogP contribution in [0, 0.1) is 0 Å². The maximum Gasteiger partial charge on any atom is 0.335 e. The second kappa shape index (κ2) is 6.37. The average Bonchev–Trinajstić information content (AvgIpc) is 2.99. The number of nitrogens with two attached hydrogens (primary N) is 1. The number of nitrogen functional groups attached to an aromatic ring is 1. The molecule has 1 atom stereocenters. The number of likely N-dealkylation sites (N-methyl/N-ethyl adjacent to an activating group) is 1. The van der Waals surface area contributed by atoms with E-state index in [2.05, 4.69) is 27.1 Å². The van der Waals surface area contributed by atoms with Gasteiger partial charge in [0.1, 0.15) is 5.82 Å². The number of likely N-dealkylation sites (tertiary alicyclic amines) is 1. The molecule has 0 unspecified atom stereocenters. The van der Waals surface area contributed by atoms with Gasteiger partial charge in [-0.2, -0.15) is 4.98 Å². The van der Waals surface area contributed by atoms with E-state index >= 15 is 0 Å². The van der Waals surface area contributed by atoms with Crippen molar-refractivity contribution >= 4 is 28.6 Å². The summed E-state index contributed by atoms with van der Waals surface area (Å²) in [6.07, 6.45) is 2.36. The summed E-state index contributed by atoms with van der Waals surface area (Å²) in [5.74, 6) is -0.192. The summed E-state index contributed by atoms with van der Waals surface area (Å²) in [7, 11) is 0. The number of aromatic carboxylic acids is 1. The highest BCUT2D eigenvalue weighted by Gasteiger charge is 2.23. The van der Waals surface area contributed by atoms with Crippen molar-refractivity contribution in [1.82, 2.24) is 14.9 Å². The molecule has 122 valence electrons. The zero-order valence-electron chi connectivity index (χ0n) is 13.1. The molecule has 0 amide bonds. The van der Waals surface area contributed by atoms with E-state index in [-0.39, 0.29) is 11.5 Å². The Morgan fingerprint density at radius 3 is 3.04 bits per heavy atom. The molecule has 7 heteroatoms. The number of nitrogens with zero attached hydrogens (tertiary/aromatic N) is 3. The van der Waals surface area contributed by atoms with Gasteiger partial charge in [-0.1, -0.05) is 6.92 Å². The fourth-order valence-corrected chi connectivity index (χ4v) is 3.17. The highest BCUT2D eigenvalue weighted by Crippen LogP contribution is 2.24. The summed E-state index contributed by atoms with van der Waals surface area (Å²) in [6, 6.07) is 5.24. The number of aromatic nitrogens is 2. The van der Waals surface area contributed by atoms with Crippen LogP contribution in [-0.2, 0) is 0 Å². The molecule has 3 rings (SSSR count). The summed E-state index contributed by atoms with van der Waals surface area (Å²) in [4.78, 5) is 22.0. The third-order valence-electron chi connectivity index (χ3n) is 4.37. The molecule has 2 aromatic rings. The van der Waals surface area contributed by atoms with Crippen LogP contribution in [0.25, 0.3) is 10.9 Å². The lowest BCUT2D eigenvalue weighted by atomic mass is 10.1. The molecule has 2 heterocycles. The van der Waals surface area contributed by atoms with Crippen LogP contribution in [0.2, 0.25) is 0 Å². The van der Waals surface area contributed by atoms with E-state index in [1.165, 1.54) is 12.5 Å². The second-order valence-corrected chi connectivity index (χ2v) is 5.77. The Kier molecular flexibility index (Phi) is 4.29. The minimum atomic E-state index is -0.970. The van der Waals surface area contributed by atoms with Crippen LogP contribution >= 0.6 is 0 Å². The number of carbonyl (C=O) groups is 1. The van der Waals surface area contributed by atoms with Crippen LogP contribution in [0.15, 0.2) is 18.2 Å². The van der Waals surface area contributed by atoms with Crippen molar-refractivity contribution < 1.29 is 9.90 Å². The standard InChI is InChI=1S/C16H21N5O2/c1-2-21-7-3-4-11(21)9-18-14-12-8-10(15(22)23)5-6-13(12)19-16(17)20-14/h5-6,8,11H,2-4,7,9H2,1H3,(H,22,23)(H3,17,18,19,20)/t11-/m0/s1. The van der Waals surface area contributed by atoms with Gasteiger partial charge in [0, 0.05) is 18.0 Å². The average molecular weight is 315 g/mol. The van der Waals surface area contributed by atoms with E-state index in [4.69, 9.17) is 10.8 Å². The van der Waals surface area contributed by atoms with Gasteiger partial charge in [0.2, 0.25) is 5.95 Å². The predicted octanol–water partition coefficient (Wildman–Crippen LogP) is 1.81. The van der Waals surface area contributed by atoms with Crippen molar-refractivity contribution in [2.45, 2.75) is 25.8 Å². The molecule has 23 heavy (non-hydrogen) atoms. The van der Waals surface area contributed by atoms with Crippen molar-refractivity contribution in [1.29, 1.82) is 0 Å². The number of hydrogen-bond acceptors (Lipinski definition) is 6. The monoisotopic (exact) mass is 315 g/mol. The summed E-state index contributed by atoms with van der Waals surface area (Å²) in [5, 5.41) is 13.2. The lowest BCUT2D eigenvalue weighted by Gasteiger charge is -2.23. The van der Waals surface area contributed by atoms with Gasteiger partial charge in [-0.3, -0.25) is 4.90 Å². The highest BCUT2D eigenvalue weighted by molar-refractivity contribution is 5.97. The van der Waals surface area contributed by atoms with Crippen LogP contribution in [0.1, 0.15) is 30.1 Å². The van der Waals surface area contributed by atoms with E-state index in [1.807, 2.05) is 0 Å². The van der Waals surface area contributed by atoms with Crippen molar-refractivity contribution in [3.63, 3.8) is 0 Å². The quantitative estimate of drug-likeness (QED) is 0.773. The molecule has 7 nitrogen and oxygen atoms in total. The highest BCUT2D eigenvalue weighted by atomic mass is 16.4. The fourth-order valence-electron chi connectivity index (χ4n) is 3.17. The summed E-state index contributed by atoms with van der Waals surface area (Å²) < 4.78 is 0. The van der Waals surface area contributed by atoms with Crippen LogP contribution in [-0.4, -0.2) is 51.6 Å². The first kappa shape index (κ1) is 15.5. The molecule has 0 saturated carbocycles. The molecule has 1 fully saturated rings. The van der Waals surface area contributed by atoms with Gasteiger partial charge in [-0.05, 0) is 44.1 Å². The number of anilines is 2. The number of carboxylic acid groups (broad SMARTS) is 1. The van der Waals surface area contributed by atoms with Gasteiger partial charge in [0.25, 0.3) is 0 Å². The van der Waals surface area contributed by atoms with Crippen molar-refractivity contribution in [2.24, 2.45) is 0 Å². The van der Waals surface area contributed by atoms with Crippen molar-refractivity contribution in [3.8, 4) is 0 Å². The molecular formula is C16H21N5O2. The van der Waals surface area contributed by atoms with Gasteiger partial charge < -0.3 is 16.2 Å². The molecule has 1 aromatic heterocycles. The molecule has 0 radical (unpaired) electrons. The Hall–Kier alpha value is -2.41. The lowest BCUT2D eigenvalue weighted by Crippen LogP contribution is -2.34. The van der Waals surface area contributed by atoms with Crippen LogP contribution in [0.3, 0.4) is 0 Å². The topological polar surface area (TPSA) is 104 Å². The summed E-state index contributed by atoms with van der Waals surface area (Å²) >= 11 is 0. The third kappa shape index (κ3) is 3.19. The first-order valence-electron chi connectivity index (χ1n) is 7.87. The summed E-state index contributed by atoms with van der Waals surface area (Å²) in [5.41, 5.74) is 6.63. The number of fused-ring (bicyclic) bond motifs is 1. The Bertz CT molecular complexity index is 734. The fraction of sp³-hybridized carbons (Fsp3) is 0.438. The number of benzene rings is 1. The van der Waals surface area contributed by atoms with E-state index in [0.717, 1.165) is 26.1 Å². The zero-order chi connectivity index (χ0) is 16.4. The lowest BCUT2D eigenvalue weighted by molar-refractivity contribution is 0.0697. The number of rotatable bonds is 5. The Balaban J connectivity index is 1.89. The first-order chi connectivity index (χ1) is 11.1. The molecule has 4 N–H and O–H groups in total. The van der Waals surface area contributed by atoms with Crippen LogP contribution in [0.4, 0.5) is 11.8 Å². The molecule has 1 aliphatic rings. The maximum absolute atomic E-state index is 11.2. The molecular weight excluding hydrogens is 294 g/mol. The maximum atomic E-state index is 11.2. The summed E-state index contributed by atoms with van der Waals surface area (Å²) in [6.45, 7) is 5.08. The SMILES string of the molecule is CCN1CCC[C@H]1CNc1nc(N)nc2ccc(C(=O)O)cc12. The van der Waals surface area contributed by atoms with Crippen molar-refractivity contribution in [2.75, 3.05) is 30.7 Å². The first-order valence-corrected chi connectivity index (χ1v) is 7.87. The molecule has 1 aromatic carbocycles. The van der Waals surface area contributed by atoms with Gasteiger partial charge in [0.05, 0.1) is 11.1 Å². The zero-order valence-corrected chi connectivity index (χ0v) is 13.1. The third-order valence-corrected chi connectivity index (χ3v) is 4.37. The predicted molar refractivity (Wildman–Crippen MR) is 89.7 cm³/mol. The van der Waals surface area contributed by atoms with Crippen LogP contribution in [0.5, 0.6) is 0 Å². The van der Waals surface area contributed by atoms with E-state index in [9.17, 15) is 4.79 Å². The number of hydrogen-bond donors (Lipinski definition) is 3. The molecule has 0 bridgehead atoms. The molecule has 1 aliphatic heterocycles. The van der Waals surface area contributed by atoms with Gasteiger partial charge in [-0.15, -0.1) is 0 Å². The van der Waals surface area contributed by atoms with E-state index in [1.54, 1.807) is 12.1 Å². The Labute approximate surface area is 134 Å².